The van der Waals surface area contributed by atoms with E-state index in [0.717, 1.165) is 69.9 Å². The molecule has 1 saturated heterocycles. The number of thiophene rings is 1. The third-order valence-electron chi connectivity index (χ3n) is 6.45. The molecular formula is C26H28ClN3O3S. The van der Waals surface area contributed by atoms with Crippen molar-refractivity contribution in [1.82, 2.24) is 15.2 Å². The molecule has 3 aromatic rings. The van der Waals surface area contributed by atoms with Gasteiger partial charge in [0.2, 0.25) is 5.91 Å². The van der Waals surface area contributed by atoms with Gasteiger partial charge in [-0.05, 0) is 50.5 Å². The number of rotatable bonds is 5. The quantitative estimate of drug-likeness (QED) is 0.538. The standard InChI is InChI=1S/C26H28ClN3O3S/c1-15(29-16(2)31)10-19-14-22-25(34-19)20(6-7-28-22)21-13-18(27)11-17-12-23(33-24(17)21)26(32)30-8-4-3-5-9-30/h6-7,11,13-15,23H,3-5,8-10,12H2,1-2H3,(H,29,31). The summed E-state index contributed by atoms with van der Waals surface area (Å²) in [5.74, 6) is 0.782. The van der Waals surface area contributed by atoms with Gasteiger partial charge in [-0.2, -0.15) is 0 Å². The molecule has 0 saturated carbocycles. The Morgan fingerprint density at radius 2 is 2.03 bits per heavy atom. The number of pyridine rings is 1. The van der Waals surface area contributed by atoms with Crippen molar-refractivity contribution < 1.29 is 14.3 Å². The van der Waals surface area contributed by atoms with Crippen molar-refractivity contribution in [2.45, 2.75) is 58.1 Å². The molecule has 0 radical (unpaired) electrons. The summed E-state index contributed by atoms with van der Waals surface area (Å²) >= 11 is 8.19. The van der Waals surface area contributed by atoms with Crippen LogP contribution in [-0.4, -0.2) is 46.9 Å². The number of piperidine rings is 1. The molecular weight excluding hydrogens is 470 g/mol. The van der Waals surface area contributed by atoms with Crippen molar-refractivity contribution in [3.05, 3.63) is 45.9 Å². The van der Waals surface area contributed by atoms with Gasteiger partial charge >= 0.3 is 0 Å². The Morgan fingerprint density at radius 1 is 1.24 bits per heavy atom. The molecule has 2 amide bonds. The lowest BCUT2D eigenvalue weighted by atomic mass is 10.0. The predicted molar refractivity (Wildman–Crippen MR) is 136 cm³/mol. The number of likely N-dealkylation sites (tertiary alicyclic amines) is 1. The molecule has 0 spiro atoms. The Labute approximate surface area is 208 Å². The first-order chi connectivity index (χ1) is 16.4. The van der Waals surface area contributed by atoms with Gasteiger partial charge in [0.05, 0.1) is 10.2 Å². The average Bonchev–Trinajstić information content (AvgIpc) is 3.41. The normalized spacial score (nSPS) is 18.4. The van der Waals surface area contributed by atoms with Crippen LogP contribution in [0.15, 0.2) is 30.5 Å². The largest absolute Gasteiger partial charge is 0.479 e. The minimum absolute atomic E-state index is 0.0345. The molecule has 1 fully saturated rings. The monoisotopic (exact) mass is 497 g/mol. The number of nitrogens with one attached hydrogen (secondary N) is 1. The number of amides is 2. The number of fused-ring (bicyclic) bond motifs is 2. The SMILES string of the molecule is CC(=O)NC(C)Cc1cc2nccc(-c3cc(Cl)cc4c3OC(C(=O)N3CCCCC3)C4)c2s1. The molecule has 2 aliphatic heterocycles. The van der Waals surface area contributed by atoms with Crippen LogP contribution in [0, 0.1) is 0 Å². The zero-order valence-electron chi connectivity index (χ0n) is 19.4. The van der Waals surface area contributed by atoms with Gasteiger partial charge in [-0.15, -0.1) is 11.3 Å². The highest BCUT2D eigenvalue weighted by Crippen LogP contribution is 2.45. The molecule has 2 aliphatic rings. The number of hydrogen-bond acceptors (Lipinski definition) is 5. The Hall–Kier alpha value is -2.64. The van der Waals surface area contributed by atoms with E-state index in [2.05, 4.69) is 16.4 Å². The Kier molecular flexibility index (Phi) is 6.49. The maximum absolute atomic E-state index is 13.1. The van der Waals surface area contributed by atoms with Gasteiger partial charge in [0, 0.05) is 71.7 Å². The first-order valence-electron chi connectivity index (χ1n) is 11.8. The number of ether oxygens (including phenoxy) is 1. The first-order valence-corrected chi connectivity index (χ1v) is 13.0. The van der Waals surface area contributed by atoms with Crippen molar-refractivity contribution in [3.8, 4) is 16.9 Å². The molecule has 178 valence electrons. The number of carbonyl (C=O) groups is 2. The Bertz CT molecular complexity index is 1250. The predicted octanol–water partition coefficient (Wildman–Crippen LogP) is 5.00. The van der Waals surface area contributed by atoms with E-state index in [1.807, 2.05) is 30.0 Å². The number of aromatic nitrogens is 1. The lowest BCUT2D eigenvalue weighted by molar-refractivity contribution is -0.138. The summed E-state index contributed by atoms with van der Waals surface area (Å²) in [5, 5.41) is 3.57. The molecule has 1 N–H and O–H groups in total. The van der Waals surface area contributed by atoms with E-state index in [4.69, 9.17) is 16.3 Å². The summed E-state index contributed by atoms with van der Waals surface area (Å²) in [4.78, 5) is 32.2. The fraction of sp³-hybridized carbons (Fsp3) is 0.423. The fourth-order valence-corrected chi connectivity index (χ4v) is 6.49. The third kappa shape index (κ3) is 4.64. The van der Waals surface area contributed by atoms with E-state index in [0.29, 0.717) is 11.4 Å². The molecule has 0 bridgehead atoms. The fourth-order valence-electron chi connectivity index (χ4n) is 4.98. The van der Waals surface area contributed by atoms with Crippen LogP contribution in [0.1, 0.15) is 43.6 Å². The third-order valence-corrected chi connectivity index (χ3v) is 7.85. The van der Waals surface area contributed by atoms with Crippen LogP contribution >= 0.6 is 22.9 Å². The molecule has 1 aromatic carbocycles. The second-order valence-corrected chi connectivity index (χ2v) is 10.8. The van der Waals surface area contributed by atoms with Crippen LogP contribution in [0.4, 0.5) is 0 Å². The molecule has 2 atom stereocenters. The van der Waals surface area contributed by atoms with Gasteiger partial charge in [0.1, 0.15) is 5.75 Å². The average molecular weight is 498 g/mol. The smallest absolute Gasteiger partial charge is 0.263 e. The van der Waals surface area contributed by atoms with Crippen LogP contribution in [0.5, 0.6) is 5.75 Å². The van der Waals surface area contributed by atoms with Crippen molar-refractivity contribution in [2.24, 2.45) is 0 Å². The summed E-state index contributed by atoms with van der Waals surface area (Å²) in [6.07, 6.45) is 5.86. The van der Waals surface area contributed by atoms with Gasteiger partial charge in [0.15, 0.2) is 6.10 Å². The summed E-state index contributed by atoms with van der Waals surface area (Å²) in [7, 11) is 0. The minimum Gasteiger partial charge on any atom is -0.479 e. The molecule has 2 aromatic heterocycles. The van der Waals surface area contributed by atoms with Crippen LogP contribution < -0.4 is 10.1 Å². The second kappa shape index (κ2) is 9.55. The maximum Gasteiger partial charge on any atom is 0.263 e. The topological polar surface area (TPSA) is 71.5 Å². The Morgan fingerprint density at radius 3 is 2.79 bits per heavy atom. The molecule has 0 aliphatic carbocycles. The maximum atomic E-state index is 13.1. The molecule has 5 rings (SSSR count). The van der Waals surface area contributed by atoms with Gasteiger partial charge in [-0.25, -0.2) is 0 Å². The number of halogens is 1. The molecule has 2 unspecified atom stereocenters. The number of carbonyl (C=O) groups excluding carboxylic acids is 2. The highest BCUT2D eigenvalue weighted by atomic mass is 35.5. The first kappa shape index (κ1) is 23.1. The summed E-state index contributed by atoms with van der Waals surface area (Å²) < 4.78 is 7.36. The lowest BCUT2D eigenvalue weighted by Crippen LogP contribution is -2.43. The van der Waals surface area contributed by atoms with Gasteiger partial charge in [-0.3, -0.25) is 14.6 Å². The van der Waals surface area contributed by atoms with E-state index in [-0.39, 0.29) is 17.9 Å². The van der Waals surface area contributed by atoms with Crippen molar-refractivity contribution in [1.29, 1.82) is 0 Å². The summed E-state index contributed by atoms with van der Waals surface area (Å²) in [6.45, 7) is 5.15. The number of hydrogen-bond donors (Lipinski definition) is 1. The van der Waals surface area contributed by atoms with Crippen LogP contribution in [0.25, 0.3) is 21.3 Å². The number of nitrogens with zero attached hydrogens (tertiary/aromatic N) is 2. The van der Waals surface area contributed by atoms with E-state index in [1.54, 1.807) is 17.5 Å². The summed E-state index contributed by atoms with van der Waals surface area (Å²) in [5.41, 5.74) is 3.77. The zero-order valence-corrected chi connectivity index (χ0v) is 21.0. The minimum atomic E-state index is -0.500. The van der Waals surface area contributed by atoms with Gasteiger partial charge < -0.3 is 15.0 Å². The van der Waals surface area contributed by atoms with E-state index < -0.39 is 6.10 Å². The highest BCUT2D eigenvalue weighted by Gasteiger charge is 2.35. The number of benzene rings is 1. The van der Waals surface area contributed by atoms with Crippen molar-refractivity contribution in [2.75, 3.05) is 13.1 Å². The molecule has 4 heterocycles. The van der Waals surface area contributed by atoms with Crippen LogP contribution in [-0.2, 0) is 22.4 Å². The van der Waals surface area contributed by atoms with E-state index in [9.17, 15) is 9.59 Å². The van der Waals surface area contributed by atoms with Crippen LogP contribution in [0.2, 0.25) is 5.02 Å². The zero-order chi connectivity index (χ0) is 23.8. The highest BCUT2D eigenvalue weighted by molar-refractivity contribution is 7.19. The van der Waals surface area contributed by atoms with Crippen LogP contribution in [0.3, 0.4) is 0 Å². The van der Waals surface area contributed by atoms with Gasteiger partial charge in [-0.1, -0.05) is 11.6 Å². The summed E-state index contributed by atoms with van der Waals surface area (Å²) in [6, 6.07) is 7.93. The molecule has 6 nitrogen and oxygen atoms in total. The molecule has 34 heavy (non-hydrogen) atoms. The second-order valence-electron chi connectivity index (χ2n) is 9.23. The molecule has 8 heteroatoms. The van der Waals surface area contributed by atoms with E-state index >= 15 is 0 Å². The van der Waals surface area contributed by atoms with Crippen molar-refractivity contribution in [3.63, 3.8) is 0 Å². The lowest BCUT2D eigenvalue weighted by Gasteiger charge is -2.28. The van der Waals surface area contributed by atoms with Gasteiger partial charge in [0.25, 0.3) is 5.91 Å². The Balaban J connectivity index is 1.47. The van der Waals surface area contributed by atoms with E-state index in [1.165, 1.54) is 13.3 Å². The van der Waals surface area contributed by atoms with Crippen molar-refractivity contribution >= 4 is 45.0 Å².